The van der Waals surface area contributed by atoms with Crippen LogP contribution in [0, 0.1) is 0 Å². The Morgan fingerprint density at radius 3 is 2.50 bits per heavy atom. The number of Topliss-reactive ketones (excluding diaryl/α,β-unsaturated/α-hetero) is 1. The van der Waals surface area contributed by atoms with Crippen LogP contribution in [0.2, 0.25) is 0 Å². The maximum Gasteiger partial charge on any atom is 0.418 e. The number of ketones is 1. The van der Waals surface area contributed by atoms with Gasteiger partial charge in [0.15, 0.2) is 5.78 Å². The van der Waals surface area contributed by atoms with Gasteiger partial charge in [-0.3, -0.25) is 9.78 Å². The highest BCUT2D eigenvalue weighted by molar-refractivity contribution is 5.98. The van der Waals surface area contributed by atoms with E-state index in [4.69, 9.17) is 5.73 Å². The van der Waals surface area contributed by atoms with Crippen LogP contribution >= 0.6 is 0 Å². The Kier molecular flexibility index (Phi) is 3.44. The van der Waals surface area contributed by atoms with Crippen molar-refractivity contribution in [3.05, 3.63) is 41.6 Å². The fraction of sp³-hybridized carbons (Fsp3) is 0.154. The van der Waals surface area contributed by atoms with Crippen LogP contribution in [-0.4, -0.2) is 15.8 Å². The normalized spacial score (nSPS) is 11.4. The zero-order valence-electron chi connectivity index (χ0n) is 10.4. The van der Waals surface area contributed by atoms with Crippen LogP contribution < -0.4 is 5.73 Å². The van der Waals surface area contributed by atoms with Crippen LogP contribution in [0.1, 0.15) is 22.8 Å². The molecule has 0 radical (unpaired) electrons. The summed E-state index contributed by atoms with van der Waals surface area (Å²) in [5.41, 5.74) is 4.50. The number of carbonyl (C=O) groups is 1. The first kappa shape index (κ1) is 14.0. The van der Waals surface area contributed by atoms with Crippen LogP contribution in [0.25, 0.3) is 11.4 Å². The second-order valence-electron chi connectivity index (χ2n) is 4.08. The molecule has 0 saturated carbocycles. The monoisotopic (exact) mass is 281 g/mol. The van der Waals surface area contributed by atoms with E-state index in [9.17, 15) is 18.0 Å². The number of halogens is 3. The fourth-order valence-electron chi connectivity index (χ4n) is 1.74. The molecule has 0 bridgehead atoms. The molecule has 2 rings (SSSR count). The molecule has 2 heterocycles. The number of nitrogens with two attached hydrogens (primary N) is 1. The van der Waals surface area contributed by atoms with Crippen molar-refractivity contribution in [1.82, 2.24) is 9.97 Å². The van der Waals surface area contributed by atoms with Crippen molar-refractivity contribution < 1.29 is 18.0 Å². The number of pyridine rings is 2. The first-order valence-electron chi connectivity index (χ1n) is 5.60. The number of nitrogens with zero attached hydrogens (tertiary/aromatic N) is 2. The third kappa shape index (κ3) is 2.61. The SMILES string of the molecule is CC(=O)c1ccc(-c2ncccc2C(F)(F)F)nc1N. The van der Waals surface area contributed by atoms with Gasteiger partial charge in [0, 0.05) is 6.20 Å². The number of rotatable bonds is 2. The topological polar surface area (TPSA) is 68.9 Å². The summed E-state index contributed by atoms with van der Waals surface area (Å²) in [7, 11) is 0. The van der Waals surface area contributed by atoms with E-state index in [1.54, 1.807) is 0 Å². The van der Waals surface area contributed by atoms with E-state index in [1.165, 1.54) is 31.3 Å². The molecule has 0 saturated heterocycles. The van der Waals surface area contributed by atoms with E-state index >= 15 is 0 Å². The maximum absolute atomic E-state index is 12.9. The number of aromatic nitrogens is 2. The zero-order valence-corrected chi connectivity index (χ0v) is 10.4. The largest absolute Gasteiger partial charge is 0.418 e. The molecule has 0 unspecified atom stereocenters. The summed E-state index contributed by atoms with van der Waals surface area (Å²) in [5, 5.41) is 0. The molecule has 2 aromatic rings. The summed E-state index contributed by atoms with van der Waals surface area (Å²) in [4.78, 5) is 18.8. The second kappa shape index (κ2) is 4.92. The van der Waals surface area contributed by atoms with Crippen molar-refractivity contribution in [3.8, 4) is 11.4 Å². The Bertz CT molecular complexity index is 668. The summed E-state index contributed by atoms with van der Waals surface area (Å²) in [6.07, 6.45) is -3.30. The van der Waals surface area contributed by atoms with Gasteiger partial charge in [0.2, 0.25) is 0 Å². The quantitative estimate of drug-likeness (QED) is 0.859. The van der Waals surface area contributed by atoms with Gasteiger partial charge in [-0.2, -0.15) is 13.2 Å². The minimum absolute atomic E-state index is 0.0274. The lowest BCUT2D eigenvalue weighted by Gasteiger charge is -2.12. The maximum atomic E-state index is 12.9. The molecule has 0 aliphatic heterocycles. The summed E-state index contributed by atoms with van der Waals surface area (Å²) in [6, 6.07) is 4.75. The molecule has 0 spiro atoms. The lowest BCUT2D eigenvalue weighted by atomic mass is 10.1. The van der Waals surface area contributed by atoms with E-state index in [0.717, 1.165) is 6.07 Å². The van der Waals surface area contributed by atoms with E-state index in [2.05, 4.69) is 9.97 Å². The number of alkyl halides is 3. The van der Waals surface area contributed by atoms with E-state index < -0.39 is 11.7 Å². The van der Waals surface area contributed by atoms with Gasteiger partial charge in [0.1, 0.15) is 11.5 Å². The number of hydrogen-bond acceptors (Lipinski definition) is 4. The Morgan fingerprint density at radius 2 is 1.95 bits per heavy atom. The van der Waals surface area contributed by atoms with Crippen LogP contribution in [0.4, 0.5) is 19.0 Å². The van der Waals surface area contributed by atoms with Gasteiger partial charge in [-0.15, -0.1) is 0 Å². The minimum Gasteiger partial charge on any atom is -0.383 e. The van der Waals surface area contributed by atoms with Gasteiger partial charge in [-0.05, 0) is 31.2 Å². The first-order chi connectivity index (χ1) is 9.30. The van der Waals surface area contributed by atoms with E-state index in [-0.39, 0.29) is 28.6 Å². The standard InChI is InChI=1S/C13H10F3N3O/c1-7(20)8-4-5-10(19-12(8)17)11-9(13(14,15)16)3-2-6-18-11/h2-6H,1H3,(H2,17,19). The van der Waals surface area contributed by atoms with Gasteiger partial charge in [-0.1, -0.05) is 0 Å². The number of carbonyl (C=O) groups excluding carboxylic acids is 1. The highest BCUT2D eigenvalue weighted by atomic mass is 19.4. The smallest absolute Gasteiger partial charge is 0.383 e. The van der Waals surface area contributed by atoms with Crippen molar-refractivity contribution in [2.45, 2.75) is 13.1 Å². The summed E-state index contributed by atoms with van der Waals surface area (Å²) < 4.78 is 38.7. The molecule has 4 nitrogen and oxygen atoms in total. The van der Waals surface area contributed by atoms with Crippen molar-refractivity contribution in [2.75, 3.05) is 5.73 Å². The number of nitrogen functional groups attached to an aromatic ring is 1. The Labute approximate surface area is 112 Å². The molecule has 20 heavy (non-hydrogen) atoms. The molecule has 0 aromatic carbocycles. The second-order valence-corrected chi connectivity index (χ2v) is 4.08. The number of hydrogen-bond donors (Lipinski definition) is 1. The molecular weight excluding hydrogens is 271 g/mol. The molecule has 0 aliphatic carbocycles. The minimum atomic E-state index is -4.54. The first-order valence-corrected chi connectivity index (χ1v) is 5.60. The molecule has 0 atom stereocenters. The Balaban J connectivity index is 2.59. The Morgan fingerprint density at radius 1 is 1.25 bits per heavy atom. The van der Waals surface area contributed by atoms with Crippen molar-refractivity contribution in [2.24, 2.45) is 0 Å². The summed E-state index contributed by atoms with van der Waals surface area (Å²) in [5.74, 6) is -0.424. The Hall–Kier alpha value is -2.44. The van der Waals surface area contributed by atoms with Gasteiger partial charge in [-0.25, -0.2) is 4.98 Å². The molecular formula is C13H10F3N3O. The predicted molar refractivity (Wildman–Crippen MR) is 66.9 cm³/mol. The van der Waals surface area contributed by atoms with Gasteiger partial charge < -0.3 is 5.73 Å². The lowest BCUT2D eigenvalue weighted by molar-refractivity contribution is -0.137. The van der Waals surface area contributed by atoms with Crippen molar-refractivity contribution in [3.63, 3.8) is 0 Å². The van der Waals surface area contributed by atoms with E-state index in [1.807, 2.05) is 0 Å². The van der Waals surface area contributed by atoms with Crippen LogP contribution in [0.3, 0.4) is 0 Å². The fourth-order valence-corrected chi connectivity index (χ4v) is 1.74. The van der Waals surface area contributed by atoms with Crippen LogP contribution in [0.15, 0.2) is 30.5 Å². The molecule has 7 heteroatoms. The molecule has 0 aliphatic rings. The molecule has 104 valence electrons. The number of anilines is 1. The average Bonchev–Trinajstić information content (AvgIpc) is 2.37. The summed E-state index contributed by atoms with van der Waals surface area (Å²) in [6.45, 7) is 1.30. The predicted octanol–water partition coefficient (Wildman–Crippen LogP) is 2.95. The van der Waals surface area contributed by atoms with Gasteiger partial charge >= 0.3 is 6.18 Å². The van der Waals surface area contributed by atoms with Crippen molar-refractivity contribution in [1.29, 1.82) is 0 Å². The molecule has 0 amide bonds. The highest BCUT2D eigenvalue weighted by Gasteiger charge is 2.34. The lowest BCUT2D eigenvalue weighted by Crippen LogP contribution is -2.10. The van der Waals surface area contributed by atoms with Gasteiger partial charge in [0.25, 0.3) is 0 Å². The third-order valence-corrected chi connectivity index (χ3v) is 2.66. The third-order valence-electron chi connectivity index (χ3n) is 2.66. The van der Waals surface area contributed by atoms with E-state index in [0.29, 0.717) is 0 Å². The van der Waals surface area contributed by atoms with Crippen LogP contribution in [-0.2, 0) is 6.18 Å². The van der Waals surface area contributed by atoms with Crippen LogP contribution in [0.5, 0.6) is 0 Å². The van der Waals surface area contributed by atoms with Gasteiger partial charge in [0.05, 0.1) is 16.8 Å². The molecule has 2 aromatic heterocycles. The molecule has 2 N–H and O–H groups in total. The highest BCUT2D eigenvalue weighted by Crippen LogP contribution is 2.35. The molecule has 0 fully saturated rings. The average molecular weight is 281 g/mol. The summed E-state index contributed by atoms with van der Waals surface area (Å²) >= 11 is 0. The zero-order chi connectivity index (χ0) is 14.9. The van der Waals surface area contributed by atoms with Crippen molar-refractivity contribution >= 4 is 11.6 Å².